The summed E-state index contributed by atoms with van der Waals surface area (Å²) in [6.45, 7) is 4.62. The number of ether oxygens (including phenoxy) is 1. The molecule has 12 heavy (non-hydrogen) atoms. The van der Waals surface area contributed by atoms with Gasteiger partial charge in [-0.1, -0.05) is 13.5 Å². The molecule has 0 aromatic rings. The first-order chi connectivity index (χ1) is 5.52. The van der Waals surface area contributed by atoms with Crippen LogP contribution < -0.4 is 0 Å². The van der Waals surface area contributed by atoms with Gasteiger partial charge in [-0.05, 0) is 0 Å². The van der Waals surface area contributed by atoms with Crippen molar-refractivity contribution in [1.29, 1.82) is 0 Å². The molecular weight excluding hydrogens is 180 g/mol. The largest absolute Gasteiger partial charge is 0.461 e. The Morgan fingerprint density at radius 1 is 1.58 bits per heavy atom. The topological polar surface area (TPSA) is 60.4 Å². The number of carbonyl (C=O) groups excluding carboxylic acids is 1. The van der Waals surface area contributed by atoms with Crippen molar-refractivity contribution in [1.82, 2.24) is 0 Å². The Kier molecular flexibility index (Phi) is 4.58. The normalized spacial score (nSPS) is 10.8. The monoisotopic (exact) mass is 192 g/mol. The number of rotatable bonds is 5. The summed E-state index contributed by atoms with van der Waals surface area (Å²) in [5.74, 6) is -0.650. The average molecular weight is 192 g/mol. The van der Waals surface area contributed by atoms with Gasteiger partial charge in [0.05, 0.1) is 5.75 Å². The van der Waals surface area contributed by atoms with Crippen LogP contribution in [0.15, 0.2) is 12.7 Å². The second-order valence-corrected chi connectivity index (χ2v) is 4.58. The van der Waals surface area contributed by atoms with Crippen LogP contribution in [0.25, 0.3) is 0 Å². The van der Waals surface area contributed by atoms with Gasteiger partial charge < -0.3 is 4.74 Å². The van der Waals surface area contributed by atoms with Crippen LogP contribution in [0.4, 0.5) is 0 Å². The zero-order valence-corrected chi connectivity index (χ0v) is 7.76. The Balaban J connectivity index is 3.71. The fourth-order valence-corrected chi connectivity index (χ4v) is 1.10. The molecule has 0 spiro atoms. The van der Waals surface area contributed by atoms with Gasteiger partial charge in [-0.25, -0.2) is 13.2 Å². The van der Waals surface area contributed by atoms with Crippen molar-refractivity contribution in [3.8, 4) is 0 Å². The van der Waals surface area contributed by atoms with Crippen molar-refractivity contribution in [2.45, 2.75) is 6.92 Å². The van der Waals surface area contributed by atoms with Gasteiger partial charge in [0.15, 0.2) is 9.84 Å². The predicted molar refractivity (Wildman–Crippen MR) is 45.5 cm³/mol. The van der Waals surface area contributed by atoms with E-state index in [4.69, 9.17) is 0 Å². The van der Waals surface area contributed by atoms with Crippen molar-refractivity contribution in [2.24, 2.45) is 0 Å². The molecule has 0 fully saturated rings. The molecule has 4 nitrogen and oxygen atoms in total. The molecule has 0 radical (unpaired) electrons. The molecule has 0 aliphatic carbocycles. The molecular formula is C7H12O4S. The first kappa shape index (κ1) is 11.2. The van der Waals surface area contributed by atoms with E-state index in [1.807, 2.05) is 0 Å². The highest BCUT2D eigenvalue weighted by Gasteiger charge is 2.07. The Hall–Kier alpha value is -0.840. The Labute approximate surface area is 72.1 Å². The van der Waals surface area contributed by atoms with Gasteiger partial charge in [0.2, 0.25) is 0 Å². The van der Waals surface area contributed by atoms with E-state index in [1.165, 1.54) is 0 Å². The first-order valence-corrected chi connectivity index (χ1v) is 5.33. The fourth-order valence-electron chi connectivity index (χ4n) is 0.472. The van der Waals surface area contributed by atoms with E-state index in [1.54, 1.807) is 6.92 Å². The molecule has 0 unspecified atom stereocenters. The third kappa shape index (κ3) is 4.90. The second kappa shape index (κ2) is 4.92. The van der Waals surface area contributed by atoms with Crippen LogP contribution in [0.5, 0.6) is 0 Å². The summed E-state index contributed by atoms with van der Waals surface area (Å²) in [7, 11) is -3.03. The van der Waals surface area contributed by atoms with E-state index in [9.17, 15) is 13.2 Å². The van der Waals surface area contributed by atoms with Gasteiger partial charge in [0.25, 0.3) is 0 Å². The minimum atomic E-state index is -3.03. The fraction of sp³-hybridized carbons (Fsp3) is 0.571. The maximum absolute atomic E-state index is 10.9. The number of sulfone groups is 1. The van der Waals surface area contributed by atoms with Crippen LogP contribution in [0, 0.1) is 0 Å². The molecule has 0 amide bonds. The molecule has 0 aromatic carbocycles. The maximum atomic E-state index is 10.9. The summed E-state index contributed by atoms with van der Waals surface area (Å²) in [4.78, 5) is 10.5. The Bertz CT molecular complexity index is 253. The first-order valence-electron chi connectivity index (χ1n) is 3.51. The van der Waals surface area contributed by atoms with E-state index in [2.05, 4.69) is 11.3 Å². The average Bonchev–Trinajstić information content (AvgIpc) is 2.04. The zero-order chi connectivity index (χ0) is 9.61. The SMILES string of the molecule is C=CC(=O)OCCS(=O)(=O)CC. The van der Waals surface area contributed by atoms with Gasteiger partial charge in [-0.15, -0.1) is 0 Å². The lowest BCUT2D eigenvalue weighted by Gasteiger charge is -2.01. The number of carbonyl (C=O) groups is 1. The van der Waals surface area contributed by atoms with Crippen LogP contribution in [0.2, 0.25) is 0 Å². The van der Waals surface area contributed by atoms with Crippen LogP contribution in [-0.4, -0.2) is 32.5 Å². The Morgan fingerprint density at radius 3 is 2.58 bits per heavy atom. The third-order valence-electron chi connectivity index (χ3n) is 1.25. The highest BCUT2D eigenvalue weighted by Crippen LogP contribution is 1.90. The molecule has 0 saturated heterocycles. The van der Waals surface area contributed by atoms with Crippen LogP contribution >= 0.6 is 0 Å². The van der Waals surface area contributed by atoms with E-state index < -0.39 is 15.8 Å². The molecule has 5 heteroatoms. The minimum absolute atomic E-state index is 0.0681. The zero-order valence-electron chi connectivity index (χ0n) is 6.95. The highest BCUT2D eigenvalue weighted by atomic mass is 32.2. The summed E-state index contributed by atoms with van der Waals surface area (Å²) in [5, 5.41) is 0. The lowest BCUT2D eigenvalue weighted by Crippen LogP contribution is -2.15. The second-order valence-electron chi connectivity index (χ2n) is 2.11. The Morgan fingerprint density at radius 2 is 2.17 bits per heavy atom. The highest BCUT2D eigenvalue weighted by molar-refractivity contribution is 7.91. The minimum Gasteiger partial charge on any atom is -0.461 e. The molecule has 0 atom stereocenters. The van der Waals surface area contributed by atoms with Crippen molar-refractivity contribution in [2.75, 3.05) is 18.1 Å². The molecule has 0 bridgehead atoms. The van der Waals surface area contributed by atoms with E-state index in [0.29, 0.717) is 0 Å². The number of hydrogen-bond acceptors (Lipinski definition) is 4. The van der Waals surface area contributed by atoms with Gasteiger partial charge in [-0.3, -0.25) is 0 Å². The van der Waals surface area contributed by atoms with Crippen molar-refractivity contribution >= 4 is 15.8 Å². The molecule has 0 saturated carbocycles. The summed E-state index contributed by atoms with van der Waals surface area (Å²) in [6.07, 6.45) is 0.999. The molecule has 0 rings (SSSR count). The molecule has 70 valence electrons. The van der Waals surface area contributed by atoms with Crippen molar-refractivity contribution < 1.29 is 17.9 Å². The molecule has 0 heterocycles. The third-order valence-corrected chi connectivity index (χ3v) is 2.91. The van der Waals surface area contributed by atoms with Gasteiger partial charge in [0, 0.05) is 11.8 Å². The van der Waals surface area contributed by atoms with Gasteiger partial charge >= 0.3 is 5.97 Å². The maximum Gasteiger partial charge on any atom is 0.330 e. The molecule has 0 aliphatic heterocycles. The molecule has 0 aromatic heterocycles. The number of hydrogen-bond donors (Lipinski definition) is 0. The summed E-state index contributed by atoms with van der Waals surface area (Å²) in [5.41, 5.74) is 0. The summed E-state index contributed by atoms with van der Waals surface area (Å²) in [6, 6.07) is 0. The lowest BCUT2D eigenvalue weighted by atomic mass is 10.6. The molecule has 0 aliphatic rings. The van der Waals surface area contributed by atoms with E-state index >= 15 is 0 Å². The standard InChI is InChI=1S/C7H12O4S/c1-3-7(8)11-5-6-12(9,10)4-2/h3H,1,4-6H2,2H3. The van der Waals surface area contributed by atoms with E-state index in [0.717, 1.165) is 6.08 Å². The molecule has 0 N–H and O–H groups in total. The van der Waals surface area contributed by atoms with Crippen LogP contribution in [-0.2, 0) is 19.4 Å². The van der Waals surface area contributed by atoms with Crippen molar-refractivity contribution in [3.05, 3.63) is 12.7 Å². The smallest absolute Gasteiger partial charge is 0.330 e. The van der Waals surface area contributed by atoms with E-state index in [-0.39, 0.29) is 18.1 Å². The van der Waals surface area contributed by atoms with Crippen LogP contribution in [0.1, 0.15) is 6.92 Å². The summed E-state index contributed by atoms with van der Waals surface area (Å²) >= 11 is 0. The van der Waals surface area contributed by atoms with Gasteiger partial charge in [0.1, 0.15) is 6.61 Å². The number of esters is 1. The van der Waals surface area contributed by atoms with Gasteiger partial charge in [-0.2, -0.15) is 0 Å². The summed E-state index contributed by atoms with van der Waals surface area (Å²) < 4.78 is 26.2. The predicted octanol–water partition coefficient (Wildman–Crippen LogP) is 0.150. The lowest BCUT2D eigenvalue weighted by molar-refractivity contribution is -0.137. The van der Waals surface area contributed by atoms with Crippen molar-refractivity contribution in [3.63, 3.8) is 0 Å². The quantitative estimate of drug-likeness (QED) is 0.459. The van der Waals surface area contributed by atoms with Crippen LogP contribution in [0.3, 0.4) is 0 Å².